The summed E-state index contributed by atoms with van der Waals surface area (Å²) in [6.45, 7) is 4.47. The first-order chi connectivity index (χ1) is 17.9. The molecule has 6 nitrogen and oxygen atoms in total. The van der Waals surface area contributed by atoms with Gasteiger partial charge >= 0.3 is 0 Å². The van der Waals surface area contributed by atoms with Crippen molar-refractivity contribution in [2.45, 2.75) is 81.9 Å². The molecule has 204 valence electrons. The van der Waals surface area contributed by atoms with Crippen molar-refractivity contribution in [3.63, 3.8) is 0 Å². The van der Waals surface area contributed by atoms with E-state index < -0.39 is 76.8 Å². The fraction of sp³-hybridized carbons (Fsp3) is 0.600. The lowest BCUT2D eigenvalue weighted by molar-refractivity contribution is -0.235. The van der Waals surface area contributed by atoms with Crippen LogP contribution in [-0.2, 0) is 19.1 Å². The SMILES string of the molecule is CC(c1ccccc1)C1O[C@@H]2C[C@H]3[C@@H]4C[C@H](F)C5=CC(=O)C=C[C@]5(C)[C@@]4(F)C(O)CC3(C)[C@]2(C(=O)CO)O1. The van der Waals surface area contributed by atoms with E-state index >= 15 is 8.78 Å². The predicted octanol–water partition coefficient (Wildman–Crippen LogP) is 3.76. The number of carbonyl (C=O) groups excluding carboxylic acids is 2. The normalized spacial score (nSPS) is 48.0. The highest BCUT2D eigenvalue weighted by Crippen LogP contribution is 2.72. The highest BCUT2D eigenvalue weighted by molar-refractivity contribution is 6.01. The summed E-state index contributed by atoms with van der Waals surface area (Å²) < 4.78 is 46.0. The maximum absolute atomic E-state index is 17.4. The van der Waals surface area contributed by atoms with Gasteiger partial charge in [0.2, 0.25) is 0 Å². The average Bonchev–Trinajstić information content (AvgIpc) is 3.40. The Kier molecular flexibility index (Phi) is 5.72. The molecule has 2 N–H and O–H groups in total. The number of carbonyl (C=O) groups is 2. The minimum absolute atomic E-state index is 0.0509. The van der Waals surface area contributed by atoms with Gasteiger partial charge in [-0.3, -0.25) is 9.59 Å². The molecule has 3 saturated carbocycles. The Bertz CT molecular complexity index is 1230. The van der Waals surface area contributed by atoms with Crippen LogP contribution in [0.25, 0.3) is 0 Å². The van der Waals surface area contributed by atoms with E-state index in [1.165, 1.54) is 12.2 Å². The molecule has 5 aliphatic rings. The Morgan fingerprint density at radius 1 is 1.18 bits per heavy atom. The second kappa shape index (κ2) is 8.37. The number of hydrogen-bond donors (Lipinski definition) is 2. The number of ketones is 2. The molecule has 4 aliphatic carbocycles. The molecule has 0 amide bonds. The number of hydrogen-bond acceptors (Lipinski definition) is 6. The van der Waals surface area contributed by atoms with Gasteiger partial charge in [0.15, 0.2) is 29.1 Å². The van der Waals surface area contributed by atoms with Crippen LogP contribution in [0.15, 0.2) is 54.1 Å². The molecule has 1 aromatic carbocycles. The van der Waals surface area contributed by atoms with Gasteiger partial charge in [0.25, 0.3) is 0 Å². The molecule has 1 aliphatic heterocycles. The molecule has 4 unspecified atom stereocenters. The summed E-state index contributed by atoms with van der Waals surface area (Å²) in [4.78, 5) is 25.6. The molecule has 0 bridgehead atoms. The number of fused-ring (bicyclic) bond motifs is 7. The first-order valence-electron chi connectivity index (χ1n) is 13.4. The second-order valence-corrected chi connectivity index (χ2v) is 12.2. The van der Waals surface area contributed by atoms with E-state index in [0.29, 0.717) is 0 Å². The van der Waals surface area contributed by atoms with Crippen LogP contribution in [0.3, 0.4) is 0 Å². The molecule has 1 aromatic rings. The van der Waals surface area contributed by atoms with Gasteiger partial charge < -0.3 is 19.7 Å². The number of rotatable bonds is 4. The highest BCUT2D eigenvalue weighted by atomic mass is 19.1. The summed E-state index contributed by atoms with van der Waals surface area (Å²) in [5, 5.41) is 21.6. The fourth-order valence-corrected chi connectivity index (χ4v) is 8.73. The van der Waals surface area contributed by atoms with Crippen molar-refractivity contribution >= 4 is 11.6 Å². The minimum atomic E-state index is -2.26. The van der Waals surface area contributed by atoms with Crippen LogP contribution in [0.5, 0.6) is 0 Å². The highest BCUT2D eigenvalue weighted by Gasteiger charge is 2.80. The van der Waals surface area contributed by atoms with E-state index in [2.05, 4.69) is 0 Å². The van der Waals surface area contributed by atoms with Crippen LogP contribution >= 0.6 is 0 Å². The third-order valence-corrected chi connectivity index (χ3v) is 10.7. The molecular weight excluding hydrogens is 494 g/mol. The zero-order valence-corrected chi connectivity index (χ0v) is 21.8. The maximum atomic E-state index is 17.4. The van der Waals surface area contributed by atoms with Gasteiger partial charge in [-0.25, -0.2) is 8.78 Å². The van der Waals surface area contributed by atoms with E-state index in [4.69, 9.17) is 9.47 Å². The van der Waals surface area contributed by atoms with Gasteiger partial charge in [-0.15, -0.1) is 0 Å². The summed E-state index contributed by atoms with van der Waals surface area (Å²) in [5.41, 5.74) is -5.49. The van der Waals surface area contributed by atoms with E-state index in [1.54, 1.807) is 13.8 Å². The molecular formula is C30H34F2O6. The van der Waals surface area contributed by atoms with Crippen molar-refractivity contribution in [2.75, 3.05) is 6.61 Å². The molecule has 4 fully saturated rings. The van der Waals surface area contributed by atoms with Crippen LogP contribution < -0.4 is 0 Å². The van der Waals surface area contributed by atoms with Crippen LogP contribution in [0, 0.1) is 22.7 Å². The van der Waals surface area contributed by atoms with Gasteiger partial charge in [-0.1, -0.05) is 50.3 Å². The quantitative estimate of drug-likeness (QED) is 0.618. The number of benzene rings is 1. The number of alkyl halides is 2. The number of ether oxygens (including phenoxy) is 2. The number of aliphatic hydroxyl groups is 2. The molecule has 1 saturated heterocycles. The third-order valence-electron chi connectivity index (χ3n) is 10.7. The van der Waals surface area contributed by atoms with E-state index in [9.17, 15) is 19.8 Å². The van der Waals surface area contributed by atoms with Gasteiger partial charge in [-0.05, 0) is 55.4 Å². The molecule has 8 heteroatoms. The molecule has 38 heavy (non-hydrogen) atoms. The molecule has 0 aromatic heterocycles. The van der Waals surface area contributed by atoms with Crippen LogP contribution in [0.1, 0.15) is 51.5 Å². The Hall–Kier alpha value is -2.26. The van der Waals surface area contributed by atoms with Crippen molar-refractivity contribution in [1.29, 1.82) is 0 Å². The lowest BCUT2D eigenvalue weighted by Crippen LogP contribution is -2.71. The van der Waals surface area contributed by atoms with Gasteiger partial charge in [0.1, 0.15) is 12.8 Å². The van der Waals surface area contributed by atoms with Crippen LogP contribution in [-0.4, -0.2) is 64.3 Å². The van der Waals surface area contributed by atoms with Crippen molar-refractivity contribution in [3.8, 4) is 0 Å². The van der Waals surface area contributed by atoms with Gasteiger partial charge in [0.05, 0.1) is 12.2 Å². The monoisotopic (exact) mass is 528 g/mol. The Labute approximate surface area is 220 Å². The average molecular weight is 529 g/mol. The standard InChI is InChI=1S/C30H34F2O6/c1-16(17-7-5-4-6-8-17)26-37-25-13-19-20-12-22(31)21-11-18(34)9-10-27(21,2)29(20,32)23(35)14-28(19,3)30(25,38-26)24(36)15-33/h4-11,16,19-20,22-23,25-26,33,35H,12-15H2,1-3H3/t16?,19-,20-,22-,23?,25+,26?,27-,28?,29-,30+/m0/s1. The molecule has 0 radical (unpaired) electrons. The first kappa shape index (κ1) is 26.0. The first-order valence-corrected chi connectivity index (χ1v) is 13.4. The van der Waals surface area contributed by atoms with Gasteiger partial charge in [0, 0.05) is 22.7 Å². The zero-order chi connectivity index (χ0) is 27.3. The second-order valence-electron chi connectivity index (χ2n) is 12.2. The third kappa shape index (κ3) is 3.00. The molecule has 0 spiro atoms. The Balaban J connectivity index is 1.42. The Morgan fingerprint density at radius 3 is 2.58 bits per heavy atom. The number of aliphatic hydroxyl groups excluding tert-OH is 2. The maximum Gasteiger partial charge on any atom is 0.193 e. The number of allylic oxidation sites excluding steroid dienone is 4. The van der Waals surface area contributed by atoms with Crippen LogP contribution in [0.4, 0.5) is 8.78 Å². The Morgan fingerprint density at radius 2 is 1.89 bits per heavy atom. The van der Waals surface area contributed by atoms with E-state index in [0.717, 1.165) is 11.6 Å². The van der Waals surface area contributed by atoms with Crippen LogP contribution in [0.2, 0.25) is 0 Å². The summed E-state index contributed by atoms with van der Waals surface area (Å²) >= 11 is 0. The molecule has 1 heterocycles. The minimum Gasteiger partial charge on any atom is -0.390 e. The van der Waals surface area contributed by atoms with Crippen molar-refractivity contribution in [3.05, 3.63) is 59.7 Å². The summed E-state index contributed by atoms with van der Waals surface area (Å²) in [6, 6.07) is 9.58. The lowest BCUT2D eigenvalue weighted by atomic mass is 9.44. The van der Waals surface area contributed by atoms with E-state index in [1.807, 2.05) is 37.3 Å². The van der Waals surface area contributed by atoms with Crippen molar-refractivity contribution < 1.29 is 38.1 Å². The van der Waals surface area contributed by atoms with Gasteiger partial charge in [-0.2, -0.15) is 0 Å². The molecule has 6 rings (SSSR count). The molecule has 11 atom stereocenters. The largest absolute Gasteiger partial charge is 0.390 e. The van der Waals surface area contributed by atoms with Crippen molar-refractivity contribution in [1.82, 2.24) is 0 Å². The number of Topliss-reactive ketones (excluding diaryl/α,β-unsaturated/α-hetero) is 1. The number of halogens is 2. The van der Waals surface area contributed by atoms with Crippen molar-refractivity contribution in [2.24, 2.45) is 22.7 Å². The van der Waals surface area contributed by atoms with E-state index in [-0.39, 0.29) is 30.8 Å². The topological polar surface area (TPSA) is 93.1 Å². The summed E-state index contributed by atoms with van der Waals surface area (Å²) in [6.07, 6.45) is -1.05. The smallest absolute Gasteiger partial charge is 0.193 e. The zero-order valence-electron chi connectivity index (χ0n) is 21.8. The predicted molar refractivity (Wildman–Crippen MR) is 133 cm³/mol. The lowest BCUT2D eigenvalue weighted by Gasteiger charge is -2.63. The fourth-order valence-electron chi connectivity index (χ4n) is 8.73. The summed E-state index contributed by atoms with van der Waals surface area (Å²) in [7, 11) is 0. The summed E-state index contributed by atoms with van der Waals surface area (Å²) in [5.74, 6) is -2.73.